The van der Waals surface area contributed by atoms with Crippen LogP contribution in [0, 0.1) is 0 Å². The predicted molar refractivity (Wildman–Crippen MR) is 97.5 cm³/mol. The van der Waals surface area contributed by atoms with Crippen molar-refractivity contribution in [2.45, 2.75) is 83.7 Å². The molecule has 132 valence electrons. The van der Waals surface area contributed by atoms with Gasteiger partial charge in [-0.2, -0.15) is 0 Å². The molecule has 0 amide bonds. The van der Waals surface area contributed by atoms with Gasteiger partial charge in [0.1, 0.15) is 0 Å². The van der Waals surface area contributed by atoms with Gasteiger partial charge in [-0.05, 0) is 32.1 Å². The van der Waals surface area contributed by atoms with Crippen LogP contribution in [0.1, 0.15) is 77.6 Å². The zero-order valence-corrected chi connectivity index (χ0v) is 14.6. The lowest BCUT2D eigenvalue weighted by Gasteiger charge is -2.04. The van der Waals surface area contributed by atoms with Crippen LogP contribution in [0.15, 0.2) is 36.5 Å². The molecule has 1 atom stereocenters. The SMILES string of the molecule is CCCCC/C=C\C/C=C/C=C/[C@@H](O)CCCCCCC(=O)O. The molecule has 23 heavy (non-hydrogen) atoms. The summed E-state index contributed by atoms with van der Waals surface area (Å²) in [5, 5.41) is 18.3. The summed E-state index contributed by atoms with van der Waals surface area (Å²) in [7, 11) is 0. The monoisotopic (exact) mass is 322 g/mol. The van der Waals surface area contributed by atoms with Crippen molar-refractivity contribution in [3.05, 3.63) is 36.5 Å². The molecule has 0 unspecified atom stereocenters. The van der Waals surface area contributed by atoms with E-state index in [0.717, 1.165) is 38.5 Å². The molecule has 0 aliphatic heterocycles. The minimum absolute atomic E-state index is 0.250. The number of aliphatic hydroxyl groups excluding tert-OH is 1. The zero-order chi connectivity index (χ0) is 17.2. The molecule has 0 saturated heterocycles. The summed E-state index contributed by atoms with van der Waals surface area (Å²) in [4.78, 5) is 10.4. The second-order valence-corrected chi connectivity index (χ2v) is 5.93. The minimum Gasteiger partial charge on any atom is -0.481 e. The van der Waals surface area contributed by atoms with E-state index in [2.05, 4.69) is 25.2 Å². The number of rotatable bonds is 15. The highest BCUT2D eigenvalue weighted by molar-refractivity contribution is 5.66. The van der Waals surface area contributed by atoms with Crippen LogP contribution in [0.4, 0.5) is 0 Å². The van der Waals surface area contributed by atoms with Crippen LogP contribution in [-0.2, 0) is 4.79 Å². The molecular weight excluding hydrogens is 288 g/mol. The summed E-state index contributed by atoms with van der Waals surface area (Å²) < 4.78 is 0. The summed E-state index contributed by atoms with van der Waals surface area (Å²) in [5.74, 6) is -0.726. The number of allylic oxidation sites excluding steroid dienone is 5. The third-order valence-electron chi connectivity index (χ3n) is 3.63. The Labute approximate surface area is 141 Å². The van der Waals surface area contributed by atoms with Crippen LogP contribution in [0.25, 0.3) is 0 Å². The minimum atomic E-state index is -0.726. The van der Waals surface area contributed by atoms with Gasteiger partial charge in [0.05, 0.1) is 6.10 Å². The van der Waals surface area contributed by atoms with Gasteiger partial charge in [-0.15, -0.1) is 0 Å². The number of unbranched alkanes of at least 4 members (excludes halogenated alkanes) is 6. The molecule has 0 rings (SSSR count). The Balaban J connectivity index is 3.51. The van der Waals surface area contributed by atoms with E-state index in [1.54, 1.807) is 0 Å². The first-order chi connectivity index (χ1) is 11.2. The Kier molecular flexibility index (Phi) is 16.0. The first kappa shape index (κ1) is 21.6. The van der Waals surface area contributed by atoms with E-state index in [1.165, 1.54) is 25.7 Å². The molecule has 0 aromatic rings. The normalized spacial score (nSPS) is 13.5. The lowest BCUT2D eigenvalue weighted by atomic mass is 10.1. The van der Waals surface area contributed by atoms with Crippen molar-refractivity contribution < 1.29 is 15.0 Å². The van der Waals surface area contributed by atoms with E-state index in [9.17, 15) is 9.90 Å². The highest BCUT2D eigenvalue weighted by Crippen LogP contribution is 2.08. The number of carboxylic acid groups (broad SMARTS) is 1. The van der Waals surface area contributed by atoms with E-state index in [0.29, 0.717) is 0 Å². The Morgan fingerprint density at radius 1 is 0.957 bits per heavy atom. The van der Waals surface area contributed by atoms with E-state index in [4.69, 9.17) is 5.11 Å². The van der Waals surface area contributed by atoms with Gasteiger partial charge in [0.15, 0.2) is 0 Å². The largest absolute Gasteiger partial charge is 0.481 e. The van der Waals surface area contributed by atoms with Crippen molar-refractivity contribution in [2.75, 3.05) is 0 Å². The molecule has 0 aliphatic rings. The van der Waals surface area contributed by atoms with Crippen molar-refractivity contribution in [3.63, 3.8) is 0 Å². The van der Waals surface area contributed by atoms with Crippen LogP contribution in [0.5, 0.6) is 0 Å². The highest BCUT2D eigenvalue weighted by atomic mass is 16.4. The topological polar surface area (TPSA) is 57.5 Å². The summed E-state index contributed by atoms with van der Waals surface area (Å²) >= 11 is 0. The molecule has 0 aromatic carbocycles. The number of hydrogen-bond acceptors (Lipinski definition) is 2. The van der Waals surface area contributed by atoms with Gasteiger partial charge in [0, 0.05) is 6.42 Å². The Bertz CT molecular complexity index is 356. The van der Waals surface area contributed by atoms with Crippen LogP contribution < -0.4 is 0 Å². The molecule has 0 aromatic heterocycles. The number of carboxylic acids is 1. The second kappa shape index (κ2) is 17.0. The van der Waals surface area contributed by atoms with Crippen molar-refractivity contribution in [1.82, 2.24) is 0 Å². The summed E-state index contributed by atoms with van der Waals surface area (Å²) in [6, 6.07) is 0. The van der Waals surface area contributed by atoms with Gasteiger partial charge in [0.25, 0.3) is 0 Å². The van der Waals surface area contributed by atoms with E-state index >= 15 is 0 Å². The molecule has 0 fully saturated rings. The molecule has 3 nitrogen and oxygen atoms in total. The number of aliphatic hydroxyl groups is 1. The van der Waals surface area contributed by atoms with Crippen LogP contribution in [0.3, 0.4) is 0 Å². The Hall–Kier alpha value is -1.35. The maximum Gasteiger partial charge on any atom is 0.303 e. The molecule has 0 spiro atoms. The lowest BCUT2D eigenvalue weighted by molar-refractivity contribution is -0.137. The molecular formula is C20H34O3. The number of carbonyl (C=O) groups is 1. The summed E-state index contributed by atoms with van der Waals surface area (Å²) in [6.45, 7) is 2.21. The number of hydrogen-bond donors (Lipinski definition) is 2. The van der Waals surface area contributed by atoms with Crippen molar-refractivity contribution >= 4 is 5.97 Å². The summed E-state index contributed by atoms with van der Waals surface area (Å²) in [5.41, 5.74) is 0. The molecule has 3 heteroatoms. The molecule has 2 N–H and O–H groups in total. The average molecular weight is 322 g/mol. The zero-order valence-electron chi connectivity index (χ0n) is 14.6. The Morgan fingerprint density at radius 2 is 1.74 bits per heavy atom. The third kappa shape index (κ3) is 18.6. The fraction of sp³-hybridized carbons (Fsp3) is 0.650. The fourth-order valence-corrected chi connectivity index (χ4v) is 2.23. The van der Waals surface area contributed by atoms with Gasteiger partial charge in [0.2, 0.25) is 0 Å². The van der Waals surface area contributed by atoms with Crippen molar-refractivity contribution in [3.8, 4) is 0 Å². The first-order valence-corrected chi connectivity index (χ1v) is 9.05. The first-order valence-electron chi connectivity index (χ1n) is 9.05. The van der Waals surface area contributed by atoms with Gasteiger partial charge in [-0.25, -0.2) is 0 Å². The van der Waals surface area contributed by atoms with Crippen molar-refractivity contribution in [1.29, 1.82) is 0 Å². The van der Waals surface area contributed by atoms with E-state index < -0.39 is 12.1 Å². The smallest absolute Gasteiger partial charge is 0.303 e. The Morgan fingerprint density at radius 3 is 2.48 bits per heavy atom. The van der Waals surface area contributed by atoms with E-state index in [-0.39, 0.29) is 6.42 Å². The standard InChI is InChI=1S/C20H34O3/c1-2-3-4-5-6-7-8-9-10-13-16-19(21)17-14-11-12-15-18-20(22)23/h6-7,9-10,13,16,19,21H,2-5,8,11-12,14-15,17-18H2,1H3,(H,22,23)/b7-6-,10-9+,16-13+/t19-/m1/s1. The van der Waals surface area contributed by atoms with E-state index in [1.807, 2.05) is 18.2 Å². The average Bonchev–Trinajstić information content (AvgIpc) is 2.52. The molecule has 0 aliphatic carbocycles. The maximum atomic E-state index is 10.4. The van der Waals surface area contributed by atoms with Crippen LogP contribution >= 0.6 is 0 Å². The second-order valence-electron chi connectivity index (χ2n) is 5.93. The third-order valence-corrected chi connectivity index (χ3v) is 3.63. The van der Waals surface area contributed by atoms with Gasteiger partial charge in [-0.3, -0.25) is 4.79 Å². The molecule has 0 bridgehead atoms. The fourth-order valence-electron chi connectivity index (χ4n) is 2.23. The molecule has 0 saturated carbocycles. The molecule has 0 heterocycles. The number of aliphatic carboxylic acids is 1. The van der Waals surface area contributed by atoms with Gasteiger partial charge in [-0.1, -0.05) is 75.5 Å². The predicted octanol–water partition coefficient (Wildman–Crippen LogP) is 5.41. The van der Waals surface area contributed by atoms with Crippen LogP contribution in [-0.4, -0.2) is 22.3 Å². The van der Waals surface area contributed by atoms with Crippen LogP contribution in [0.2, 0.25) is 0 Å². The maximum absolute atomic E-state index is 10.4. The molecule has 0 radical (unpaired) electrons. The van der Waals surface area contributed by atoms with Crippen molar-refractivity contribution in [2.24, 2.45) is 0 Å². The quantitative estimate of drug-likeness (QED) is 0.241. The van der Waals surface area contributed by atoms with Gasteiger partial charge < -0.3 is 10.2 Å². The summed E-state index contributed by atoms with van der Waals surface area (Å²) in [6.07, 6.45) is 22.3. The lowest BCUT2D eigenvalue weighted by Crippen LogP contribution is -2.01. The van der Waals surface area contributed by atoms with Gasteiger partial charge >= 0.3 is 5.97 Å². The highest BCUT2D eigenvalue weighted by Gasteiger charge is 1.99.